The first kappa shape index (κ1) is 21.8. The predicted octanol–water partition coefficient (Wildman–Crippen LogP) is 4.00. The van der Waals surface area contributed by atoms with Gasteiger partial charge in [-0.25, -0.2) is 8.42 Å². The number of benzene rings is 2. The average molecular weight is 481 g/mol. The van der Waals surface area contributed by atoms with Gasteiger partial charge in [0.2, 0.25) is 0 Å². The summed E-state index contributed by atoms with van der Waals surface area (Å²) in [7, 11) is -2.03. The maximum Gasteiger partial charge on any atom is 0.293 e. The lowest BCUT2D eigenvalue weighted by atomic mass is 9.96. The van der Waals surface area contributed by atoms with Crippen LogP contribution < -0.4 is 9.62 Å². The average Bonchev–Trinajstić information content (AvgIpc) is 2.78. The molecule has 1 aliphatic heterocycles. The summed E-state index contributed by atoms with van der Waals surface area (Å²) in [6.45, 7) is 1.69. The molecular weight excluding hydrogens is 456 g/mol. The van der Waals surface area contributed by atoms with Gasteiger partial charge < -0.3 is 10.1 Å². The van der Waals surface area contributed by atoms with Crippen molar-refractivity contribution in [2.24, 2.45) is 0 Å². The summed E-state index contributed by atoms with van der Waals surface area (Å²) in [6.07, 6.45) is 3.79. The lowest BCUT2D eigenvalue weighted by molar-refractivity contribution is -0.128. The van der Waals surface area contributed by atoms with Crippen molar-refractivity contribution in [2.45, 2.75) is 36.6 Å². The normalized spacial score (nSPS) is 17.2. The van der Waals surface area contributed by atoms with E-state index in [-0.39, 0.29) is 6.04 Å². The van der Waals surface area contributed by atoms with Crippen LogP contribution in [0.2, 0.25) is 0 Å². The maximum atomic E-state index is 13.2. The van der Waals surface area contributed by atoms with Crippen LogP contribution in [0, 0.1) is 0 Å². The van der Waals surface area contributed by atoms with E-state index in [2.05, 4.69) is 21.2 Å². The number of carbonyl (C=O) groups excluding carboxylic acids is 1. The Morgan fingerprint density at radius 3 is 2.66 bits per heavy atom. The number of anilines is 1. The van der Waals surface area contributed by atoms with Crippen LogP contribution in [0.25, 0.3) is 0 Å². The van der Waals surface area contributed by atoms with E-state index in [0.29, 0.717) is 23.7 Å². The number of halogens is 1. The van der Waals surface area contributed by atoms with Crippen molar-refractivity contribution in [1.29, 1.82) is 0 Å². The molecule has 2 aromatic rings. The number of unbranched alkanes of at least 4 members (excludes halogenated alkanes) is 3. The van der Waals surface area contributed by atoms with Gasteiger partial charge in [-0.1, -0.05) is 47.0 Å². The van der Waals surface area contributed by atoms with E-state index in [1.54, 1.807) is 19.2 Å². The summed E-state index contributed by atoms with van der Waals surface area (Å²) in [5.41, 5.74) is 2.36. The van der Waals surface area contributed by atoms with E-state index in [9.17, 15) is 13.2 Å². The Morgan fingerprint density at radius 2 is 1.86 bits per heavy atom. The number of hydrogen-bond donors (Lipinski definition) is 1. The van der Waals surface area contributed by atoms with Crippen molar-refractivity contribution in [1.82, 2.24) is 5.32 Å². The molecular formula is C21H25BrN2O4S. The van der Waals surface area contributed by atoms with Gasteiger partial charge in [-0.05, 0) is 54.8 Å². The van der Waals surface area contributed by atoms with E-state index in [0.717, 1.165) is 47.8 Å². The Labute approximate surface area is 180 Å². The Kier molecular flexibility index (Phi) is 7.32. The molecule has 3 rings (SSSR count). The molecule has 0 fully saturated rings. The molecule has 0 spiro atoms. The first-order chi connectivity index (χ1) is 14.0. The third kappa shape index (κ3) is 4.82. The molecule has 1 N–H and O–H groups in total. The zero-order valence-corrected chi connectivity index (χ0v) is 18.7. The molecule has 8 heteroatoms. The zero-order chi connectivity index (χ0) is 20.9. The van der Waals surface area contributed by atoms with E-state index in [1.165, 1.54) is 4.31 Å². The SMILES string of the molecule is CN1c2ccc(Br)cc2C(NCCCCCCOC=O)c2ccccc2S1(=O)=O. The fourth-order valence-corrected chi connectivity index (χ4v) is 5.45. The molecule has 0 saturated carbocycles. The highest BCUT2D eigenvalue weighted by atomic mass is 79.9. The van der Waals surface area contributed by atoms with Gasteiger partial charge in [0.15, 0.2) is 0 Å². The molecule has 156 valence electrons. The van der Waals surface area contributed by atoms with E-state index < -0.39 is 10.0 Å². The van der Waals surface area contributed by atoms with Crippen molar-refractivity contribution >= 4 is 38.1 Å². The van der Waals surface area contributed by atoms with Crippen molar-refractivity contribution in [3.05, 3.63) is 58.1 Å². The molecule has 1 atom stereocenters. The van der Waals surface area contributed by atoms with Crippen LogP contribution in [0.4, 0.5) is 5.69 Å². The number of rotatable bonds is 9. The minimum absolute atomic E-state index is 0.225. The summed E-state index contributed by atoms with van der Waals surface area (Å²) in [6, 6.07) is 12.6. The number of sulfonamides is 1. The van der Waals surface area contributed by atoms with Crippen LogP contribution in [0.1, 0.15) is 42.9 Å². The first-order valence-electron chi connectivity index (χ1n) is 9.62. The minimum Gasteiger partial charge on any atom is -0.468 e. The van der Waals surface area contributed by atoms with Crippen molar-refractivity contribution in [2.75, 3.05) is 24.5 Å². The van der Waals surface area contributed by atoms with E-state index in [1.807, 2.05) is 30.3 Å². The molecule has 6 nitrogen and oxygen atoms in total. The summed E-state index contributed by atoms with van der Waals surface area (Å²) < 4.78 is 33.3. The second-order valence-corrected chi connectivity index (χ2v) is 9.84. The summed E-state index contributed by atoms with van der Waals surface area (Å²) >= 11 is 3.52. The standard InChI is InChI=1S/C21H25BrN2O4S/c1-24-19-11-10-16(22)14-18(19)21(23-12-6-2-3-7-13-28-15-25)17-8-4-5-9-20(17)29(24,26)27/h4-5,8-11,14-15,21,23H,2-3,6-7,12-13H2,1H3. The maximum absolute atomic E-state index is 13.2. The van der Waals surface area contributed by atoms with Gasteiger partial charge in [0.1, 0.15) is 0 Å². The largest absolute Gasteiger partial charge is 0.468 e. The van der Waals surface area contributed by atoms with Crippen molar-refractivity contribution < 1.29 is 17.9 Å². The quantitative estimate of drug-likeness (QED) is 0.433. The number of nitrogens with one attached hydrogen (secondary N) is 1. The topological polar surface area (TPSA) is 75.7 Å². The van der Waals surface area contributed by atoms with Crippen LogP contribution in [-0.4, -0.2) is 35.1 Å². The van der Waals surface area contributed by atoms with Crippen LogP contribution in [0.5, 0.6) is 0 Å². The summed E-state index contributed by atoms with van der Waals surface area (Å²) in [4.78, 5) is 10.5. The van der Waals surface area contributed by atoms with Gasteiger partial charge in [-0.2, -0.15) is 0 Å². The molecule has 0 aromatic heterocycles. The van der Waals surface area contributed by atoms with Crippen LogP contribution in [0.15, 0.2) is 51.8 Å². The van der Waals surface area contributed by atoms with Gasteiger partial charge in [0, 0.05) is 11.5 Å². The number of nitrogens with zero attached hydrogens (tertiary/aromatic N) is 1. The smallest absolute Gasteiger partial charge is 0.293 e. The van der Waals surface area contributed by atoms with E-state index >= 15 is 0 Å². The lowest BCUT2D eigenvalue weighted by Crippen LogP contribution is -2.26. The number of hydrogen-bond acceptors (Lipinski definition) is 5. The minimum atomic E-state index is -3.63. The molecule has 0 amide bonds. The molecule has 0 bridgehead atoms. The number of carbonyl (C=O) groups is 1. The molecule has 1 aliphatic rings. The van der Waals surface area contributed by atoms with Gasteiger partial charge in [-0.15, -0.1) is 0 Å². The molecule has 1 heterocycles. The van der Waals surface area contributed by atoms with Gasteiger partial charge in [-0.3, -0.25) is 9.10 Å². The highest BCUT2D eigenvalue weighted by Crippen LogP contribution is 2.41. The van der Waals surface area contributed by atoms with Crippen molar-refractivity contribution in [3.8, 4) is 0 Å². The Balaban J connectivity index is 1.83. The fourth-order valence-electron chi connectivity index (χ4n) is 3.62. The third-order valence-corrected chi connectivity index (χ3v) is 7.45. The molecule has 0 aliphatic carbocycles. The third-order valence-electron chi connectivity index (χ3n) is 5.11. The predicted molar refractivity (Wildman–Crippen MR) is 117 cm³/mol. The first-order valence-corrected chi connectivity index (χ1v) is 11.9. The fraction of sp³-hybridized carbons (Fsp3) is 0.381. The summed E-state index contributed by atoms with van der Waals surface area (Å²) in [5.74, 6) is 0. The highest BCUT2D eigenvalue weighted by Gasteiger charge is 2.34. The van der Waals surface area contributed by atoms with Crippen LogP contribution in [-0.2, 0) is 19.6 Å². The second-order valence-electron chi connectivity index (χ2n) is 6.98. The molecule has 0 saturated heterocycles. The Bertz CT molecular complexity index is 965. The van der Waals surface area contributed by atoms with Gasteiger partial charge >= 0.3 is 0 Å². The van der Waals surface area contributed by atoms with E-state index in [4.69, 9.17) is 4.74 Å². The number of ether oxygens (including phenoxy) is 1. The van der Waals surface area contributed by atoms with Gasteiger partial charge in [0.05, 0.1) is 23.2 Å². The van der Waals surface area contributed by atoms with Crippen molar-refractivity contribution in [3.63, 3.8) is 0 Å². The summed E-state index contributed by atoms with van der Waals surface area (Å²) in [5, 5.41) is 3.56. The Hall–Kier alpha value is -1.90. The monoisotopic (exact) mass is 480 g/mol. The number of fused-ring (bicyclic) bond motifs is 2. The highest BCUT2D eigenvalue weighted by molar-refractivity contribution is 9.10. The van der Waals surface area contributed by atoms with Gasteiger partial charge in [0.25, 0.3) is 16.5 Å². The lowest BCUT2D eigenvalue weighted by Gasteiger charge is -2.22. The Morgan fingerprint density at radius 1 is 1.10 bits per heavy atom. The second kappa shape index (κ2) is 9.73. The molecule has 29 heavy (non-hydrogen) atoms. The molecule has 0 radical (unpaired) electrons. The molecule has 2 aromatic carbocycles. The molecule has 1 unspecified atom stereocenters. The van der Waals surface area contributed by atoms with Crippen LogP contribution >= 0.6 is 15.9 Å². The zero-order valence-electron chi connectivity index (χ0n) is 16.3. The van der Waals surface area contributed by atoms with Crippen LogP contribution in [0.3, 0.4) is 0 Å².